The van der Waals surface area contributed by atoms with E-state index >= 15 is 0 Å². The highest BCUT2D eigenvalue weighted by molar-refractivity contribution is 5.79. The number of hydrogen-bond acceptors (Lipinski definition) is 7. The van der Waals surface area contributed by atoms with Crippen molar-refractivity contribution in [3.05, 3.63) is 41.0 Å². The van der Waals surface area contributed by atoms with Crippen molar-refractivity contribution in [2.45, 2.75) is 18.8 Å². The second-order valence-corrected chi connectivity index (χ2v) is 7.88. The minimum Gasteiger partial charge on any atom is -0.493 e. The molecule has 3 aliphatic rings. The first-order valence-electron chi connectivity index (χ1n) is 9.97. The van der Waals surface area contributed by atoms with Crippen LogP contribution in [0.4, 0.5) is 0 Å². The Kier molecular flexibility index (Phi) is 4.41. The summed E-state index contributed by atoms with van der Waals surface area (Å²) < 4.78 is 33.4. The average Bonchev–Trinajstić information content (AvgIpc) is 3.38. The Morgan fingerprint density at radius 1 is 0.867 bits per heavy atom. The lowest BCUT2D eigenvalue weighted by atomic mass is 9.63. The molecule has 2 heterocycles. The van der Waals surface area contributed by atoms with Gasteiger partial charge in [0.2, 0.25) is 12.5 Å². The van der Waals surface area contributed by atoms with Crippen LogP contribution in [0.5, 0.6) is 28.7 Å². The van der Waals surface area contributed by atoms with Crippen molar-refractivity contribution in [2.75, 3.05) is 34.7 Å². The quantitative estimate of drug-likeness (QED) is 0.712. The normalized spacial score (nSPS) is 25.9. The van der Waals surface area contributed by atoms with Crippen LogP contribution in [0, 0.1) is 11.8 Å². The van der Waals surface area contributed by atoms with E-state index in [4.69, 9.17) is 28.4 Å². The first-order valence-corrected chi connectivity index (χ1v) is 9.97. The van der Waals surface area contributed by atoms with Crippen LogP contribution in [-0.2, 0) is 9.53 Å². The molecule has 0 unspecified atom stereocenters. The Morgan fingerprint density at radius 2 is 1.50 bits per heavy atom. The lowest BCUT2D eigenvalue weighted by Gasteiger charge is -2.37. The van der Waals surface area contributed by atoms with E-state index in [0.717, 1.165) is 22.4 Å². The van der Waals surface area contributed by atoms with Crippen molar-refractivity contribution in [1.82, 2.24) is 0 Å². The van der Waals surface area contributed by atoms with E-state index in [9.17, 15) is 4.79 Å². The summed E-state index contributed by atoms with van der Waals surface area (Å²) in [6.45, 7) is 2.77. The van der Waals surface area contributed by atoms with Gasteiger partial charge in [-0.2, -0.15) is 0 Å². The summed E-state index contributed by atoms with van der Waals surface area (Å²) in [6.07, 6.45) is 0. The molecule has 5 rings (SSSR count). The molecule has 0 N–H and O–H groups in total. The molecule has 0 aromatic heterocycles. The topological polar surface area (TPSA) is 72.5 Å². The zero-order valence-corrected chi connectivity index (χ0v) is 17.4. The molecule has 2 aliphatic heterocycles. The van der Waals surface area contributed by atoms with E-state index in [1.807, 2.05) is 24.3 Å². The van der Waals surface area contributed by atoms with Crippen molar-refractivity contribution in [3.8, 4) is 28.7 Å². The van der Waals surface area contributed by atoms with Crippen LogP contribution >= 0.6 is 0 Å². The average molecular weight is 412 g/mol. The minimum absolute atomic E-state index is 0.0782. The van der Waals surface area contributed by atoms with E-state index in [1.54, 1.807) is 21.3 Å². The van der Waals surface area contributed by atoms with Crippen molar-refractivity contribution in [1.29, 1.82) is 0 Å². The van der Waals surface area contributed by atoms with E-state index in [1.165, 1.54) is 0 Å². The Balaban J connectivity index is 1.74. The van der Waals surface area contributed by atoms with Crippen molar-refractivity contribution < 1.29 is 33.2 Å². The van der Waals surface area contributed by atoms with Crippen LogP contribution in [-0.4, -0.2) is 40.7 Å². The molecule has 7 heteroatoms. The molecule has 0 radical (unpaired) electrons. The monoisotopic (exact) mass is 412 g/mol. The SMILES string of the molecule is COc1cc([C@@H]2c3cc4c(cc3[C@H](C)[C@H]3COC(=O)[C@H]23)OCO4)cc(OC)c1OC. The molecule has 2 aromatic carbocycles. The van der Waals surface area contributed by atoms with E-state index in [-0.39, 0.29) is 36.4 Å². The fourth-order valence-electron chi connectivity index (χ4n) is 5.12. The van der Waals surface area contributed by atoms with Gasteiger partial charge in [-0.3, -0.25) is 4.79 Å². The maximum Gasteiger partial charge on any atom is 0.310 e. The largest absolute Gasteiger partial charge is 0.493 e. The summed E-state index contributed by atoms with van der Waals surface area (Å²) >= 11 is 0. The third-order valence-electron chi connectivity index (χ3n) is 6.60. The number of methoxy groups -OCH3 is 3. The summed E-state index contributed by atoms with van der Waals surface area (Å²) in [6, 6.07) is 7.88. The highest BCUT2D eigenvalue weighted by atomic mass is 16.7. The second-order valence-electron chi connectivity index (χ2n) is 7.88. The molecule has 1 saturated heterocycles. The fourth-order valence-corrected chi connectivity index (χ4v) is 5.12. The third kappa shape index (κ3) is 2.61. The Hall–Kier alpha value is -3.09. The van der Waals surface area contributed by atoms with E-state index in [2.05, 4.69) is 6.92 Å². The zero-order valence-electron chi connectivity index (χ0n) is 17.4. The zero-order chi connectivity index (χ0) is 21.0. The number of rotatable bonds is 4. The lowest BCUT2D eigenvalue weighted by molar-refractivity contribution is -0.141. The Bertz CT molecular complexity index is 990. The molecular weight excluding hydrogens is 388 g/mol. The first kappa shape index (κ1) is 18.9. The summed E-state index contributed by atoms with van der Waals surface area (Å²) in [4.78, 5) is 12.8. The van der Waals surface area contributed by atoms with Crippen LogP contribution in [0.25, 0.3) is 0 Å². The molecule has 0 saturated carbocycles. The molecule has 1 fully saturated rings. The number of esters is 1. The molecule has 7 nitrogen and oxygen atoms in total. The predicted molar refractivity (Wildman–Crippen MR) is 107 cm³/mol. The van der Waals surface area contributed by atoms with Crippen LogP contribution in [0.1, 0.15) is 35.4 Å². The van der Waals surface area contributed by atoms with Crippen molar-refractivity contribution in [2.24, 2.45) is 11.8 Å². The van der Waals surface area contributed by atoms with Gasteiger partial charge in [0.05, 0.1) is 33.9 Å². The number of carbonyl (C=O) groups is 1. The number of carbonyl (C=O) groups excluding carboxylic acids is 1. The minimum atomic E-state index is -0.296. The predicted octanol–water partition coefficient (Wildman–Crippen LogP) is 3.48. The van der Waals surface area contributed by atoms with Gasteiger partial charge in [0.15, 0.2) is 23.0 Å². The summed E-state index contributed by atoms with van der Waals surface area (Å²) in [5, 5.41) is 0. The number of ether oxygens (including phenoxy) is 6. The van der Waals surface area contributed by atoms with Crippen molar-refractivity contribution >= 4 is 5.97 Å². The molecule has 0 amide bonds. The Morgan fingerprint density at radius 3 is 2.10 bits per heavy atom. The van der Waals surface area contributed by atoms with Crippen LogP contribution in [0.2, 0.25) is 0 Å². The van der Waals surface area contributed by atoms with Crippen molar-refractivity contribution in [3.63, 3.8) is 0 Å². The first-order chi connectivity index (χ1) is 14.6. The molecule has 158 valence electrons. The van der Waals surface area contributed by atoms with Crippen LogP contribution < -0.4 is 23.7 Å². The van der Waals surface area contributed by atoms with Gasteiger partial charge in [-0.15, -0.1) is 0 Å². The Labute approximate surface area is 174 Å². The summed E-state index contributed by atoms with van der Waals surface area (Å²) in [5.41, 5.74) is 3.10. The maximum absolute atomic E-state index is 12.8. The van der Waals surface area contributed by atoms with Gasteiger partial charge in [0, 0.05) is 11.8 Å². The number of hydrogen-bond donors (Lipinski definition) is 0. The molecule has 1 aliphatic carbocycles. The van der Waals surface area contributed by atoms with Crippen LogP contribution in [0.15, 0.2) is 24.3 Å². The van der Waals surface area contributed by atoms with Gasteiger partial charge >= 0.3 is 5.97 Å². The molecule has 0 spiro atoms. The number of benzene rings is 2. The van der Waals surface area contributed by atoms with Gasteiger partial charge in [-0.25, -0.2) is 0 Å². The smallest absolute Gasteiger partial charge is 0.310 e. The summed E-state index contributed by atoms with van der Waals surface area (Å²) in [5.74, 6) is 2.61. The number of fused-ring (bicyclic) bond motifs is 3. The standard InChI is InChI=1S/C23H24O7/c1-11-13-7-16-17(30-10-29-16)8-14(13)20(21-15(11)9-28-23(21)24)12-5-18(25-2)22(27-4)19(6-12)26-3/h5-8,11,15,20-21H,9-10H2,1-4H3/t11-,15+,20+,21-/m0/s1. The lowest BCUT2D eigenvalue weighted by Crippen LogP contribution is -2.33. The fraction of sp³-hybridized carbons (Fsp3) is 0.435. The number of cyclic esters (lactones) is 1. The van der Waals surface area contributed by atoms with Crippen LogP contribution in [0.3, 0.4) is 0 Å². The second kappa shape index (κ2) is 7.00. The molecular formula is C23H24O7. The molecule has 30 heavy (non-hydrogen) atoms. The molecule has 0 bridgehead atoms. The van der Waals surface area contributed by atoms with E-state index in [0.29, 0.717) is 29.6 Å². The molecule has 2 aromatic rings. The van der Waals surface area contributed by atoms with Gasteiger partial charge in [-0.05, 0) is 46.9 Å². The highest BCUT2D eigenvalue weighted by Crippen LogP contribution is 2.56. The van der Waals surface area contributed by atoms with Gasteiger partial charge < -0.3 is 28.4 Å². The summed E-state index contributed by atoms with van der Waals surface area (Å²) in [7, 11) is 4.74. The van der Waals surface area contributed by atoms with E-state index < -0.39 is 0 Å². The third-order valence-corrected chi connectivity index (χ3v) is 6.60. The highest BCUT2D eigenvalue weighted by Gasteiger charge is 2.51. The van der Waals surface area contributed by atoms with Gasteiger partial charge in [-0.1, -0.05) is 6.92 Å². The maximum atomic E-state index is 12.8. The molecule has 4 atom stereocenters. The van der Waals surface area contributed by atoms with Gasteiger partial charge in [0.25, 0.3) is 0 Å². The van der Waals surface area contributed by atoms with Gasteiger partial charge in [0.1, 0.15) is 0 Å².